The molecule has 0 aliphatic rings. The summed E-state index contributed by atoms with van der Waals surface area (Å²) in [6.07, 6.45) is 4.58. The fourth-order valence-corrected chi connectivity index (χ4v) is 7.05. The molecule has 3 aromatic carbocycles. The van der Waals surface area contributed by atoms with Crippen LogP contribution in [-0.4, -0.2) is 29.6 Å². The lowest BCUT2D eigenvalue weighted by Crippen LogP contribution is -2.07. The predicted octanol–water partition coefficient (Wildman–Crippen LogP) is 10.1. The third kappa shape index (κ3) is 7.10. The van der Waals surface area contributed by atoms with Gasteiger partial charge in [0.25, 0.3) is 0 Å². The van der Waals surface area contributed by atoms with Gasteiger partial charge in [-0.05, 0) is 84.2 Å². The fourth-order valence-electron chi connectivity index (χ4n) is 4.02. The molecule has 0 radical (unpaired) electrons. The molecule has 19 heteroatoms. The van der Waals surface area contributed by atoms with Gasteiger partial charge in [-0.1, -0.05) is 34.8 Å². The number of aromatic nitrogens is 3. The van der Waals surface area contributed by atoms with Crippen molar-refractivity contribution in [2.24, 2.45) is 0 Å². The molecular formula is C24H15Br3Cl3N3O8P2. The van der Waals surface area contributed by atoms with Crippen LogP contribution in [0, 0.1) is 0 Å². The molecule has 0 atom stereocenters. The molecule has 3 heterocycles. The summed E-state index contributed by atoms with van der Waals surface area (Å²) in [5.74, 6) is 0.483. The lowest BCUT2D eigenvalue weighted by molar-refractivity contribution is 0.275. The zero-order chi connectivity index (χ0) is 31.3. The number of benzene rings is 3. The van der Waals surface area contributed by atoms with Crippen LogP contribution in [0.2, 0.25) is 15.1 Å². The van der Waals surface area contributed by atoms with Gasteiger partial charge in [-0.15, -0.1) is 0 Å². The summed E-state index contributed by atoms with van der Waals surface area (Å²) in [4.78, 5) is 30.7. The van der Waals surface area contributed by atoms with Crippen molar-refractivity contribution in [1.82, 2.24) is 15.0 Å². The Hall–Kier alpha value is -1.67. The number of phosphoric acid groups is 2. The molecule has 43 heavy (non-hydrogen) atoms. The second kappa shape index (κ2) is 12.6. The monoisotopic (exact) mass is 877 g/mol. The average Bonchev–Trinajstić information content (AvgIpc) is 3.63. The highest BCUT2D eigenvalue weighted by molar-refractivity contribution is 9.11. The molecule has 11 nitrogen and oxygen atoms in total. The number of H-pyrrole nitrogens is 3. The number of rotatable bonds is 6. The molecule has 0 bridgehead atoms. The van der Waals surface area contributed by atoms with Crippen molar-refractivity contribution < 1.29 is 37.4 Å². The van der Waals surface area contributed by atoms with Crippen LogP contribution in [-0.2, 0) is 9.13 Å². The number of fused-ring (bicyclic) bond motifs is 3. The second-order valence-electron chi connectivity index (χ2n) is 8.54. The highest BCUT2D eigenvalue weighted by Gasteiger charge is 2.37. The molecule has 0 unspecified atom stereocenters. The van der Waals surface area contributed by atoms with Gasteiger partial charge in [-0.2, -0.15) is 4.57 Å². The minimum Gasteiger partial charge on any atom is -0.384 e. The minimum absolute atomic E-state index is 0.161. The molecule has 3 aromatic heterocycles. The first-order valence-electron chi connectivity index (χ1n) is 11.5. The lowest BCUT2D eigenvalue weighted by atomic mass is 10.2. The van der Waals surface area contributed by atoms with Crippen molar-refractivity contribution in [3.8, 4) is 17.2 Å². The van der Waals surface area contributed by atoms with E-state index < -0.39 is 15.6 Å². The summed E-state index contributed by atoms with van der Waals surface area (Å²) in [5, 5.41) is 2.57. The van der Waals surface area contributed by atoms with E-state index in [1.54, 1.807) is 36.4 Å². The molecule has 0 amide bonds. The molecule has 0 aliphatic heterocycles. The second-order valence-corrected chi connectivity index (χ2v) is 14.7. The maximum absolute atomic E-state index is 14.5. The molecule has 6 aromatic rings. The molecule has 0 aliphatic carbocycles. The average molecular weight is 881 g/mol. The Morgan fingerprint density at radius 2 is 0.814 bits per heavy atom. The zero-order valence-corrected chi connectivity index (χ0v) is 29.6. The van der Waals surface area contributed by atoms with E-state index in [0.29, 0.717) is 61.2 Å². The maximum Gasteiger partial charge on any atom is 0.647 e. The third-order valence-corrected chi connectivity index (χ3v) is 10.8. The number of nitrogens with one attached hydrogen (secondary N) is 3. The molecule has 6 N–H and O–H groups in total. The highest BCUT2D eigenvalue weighted by Crippen LogP contribution is 2.55. The van der Waals surface area contributed by atoms with Crippen molar-refractivity contribution in [2.45, 2.75) is 0 Å². The minimum atomic E-state index is -4.64. The van der Waals surface area contributed by atoms with Gasteiger partial charge < -0.3 is 43.2 Å². The van der Waals surface area contributed by atoms with Crippen molar-refractivity contribution >= 4 is 131 Å². The van der Waals surface area contributed by atoms with Crippen LogP contribution in [0.25, 0.3) is 32.7 Å². The Kier molecular flexibility index (Phi) is 9.60. The van der Waals surface area contributed by atoms with Gasteiger partial charge in [0.1, 0.15) is 0 Å². The SMILES string of the molecule is O=P(O)(O)O.O=P(Oc1c[nH]c2ccc(Br)c(Cl)c12)(Oc1c[nH]c2ccc(Br)c(Cl)c12)Oc1c[nH]c2ccc(Br)c(Cl)c12. The Bertz CT molecular complexity index is 1890. The van der Waals surface area contributed by atoms with Gasteiger partial charge in [0.2, 0.25) is 0 Å². The van der Waals surface area contributed by atoms with Crippen molar-refractivity contribution in [3.05, 3.63) is 83.5 Å². The first-order valence-corrected chi connectivity index (χ1v) is 18.0. The normalized spacial score (nSPS) is 12.0. The highest BCUT2D eigenvalue weighted by atomic mass is 79.9. The standard InChI is InChI=1S/C24H12Br3Cl3N3O4P.H3O4P/c25-10-1-4-13-19(22(10)28)16(7-31-13)35-38(34,36-17-8-32-14-5-2-11(26)23(29)20(14)17)37-18-9-33-15-6-3-12(27)24(30)21(15)18;1-5(2,3)4/h1-9,31-33H;(H3,1,2,3,4). The van der Waals surface area contributed by atoms with Crippen LogP contribution >= 0.6 is 98.2 Å². The van der Waals surface area contributed by atoms with Gasteiger partial charge in [0.05, 0.1) is 47.8 Å². The maximum atomic E-state index is 14.5. The summed E-state index contributed by atoms with van der Waals surface area (Å²) >= 11 is 29.9. The number of hydrogen-bond donors (Lipinski definition) is 6. The van der Waals surface area contributed by atoms with Crippen LogP contribution in [0.4, 0.5) is 0 Å². The van der Waals surface area contributed by atoms with Crippen LogP contribution in [0.15, 0.2) is 68.4 Å². The van der Waals surface area contributed by atoms with Gasteiger partial charge in [0.15, 0.2) is 17.2 Å². The summed E-state index contributed by atoms with van der Waals surface area (Å²) in [5.41, 5.74) is 1.99. The van der Waals surface area contributed by atoms with Crippen molar-refractivity contribution in [3.63, 3.8) is 0 Å². The van der Waals surface area contributed by atoms with E-state index in [4.69, 9.17) is 67.6 Å². The van der Waals surface area contributed by atoms with E-state index in [9.17, 15) is 4.57 Å². The number of phosphoric ester groups is 1. The Morgan fingerprint density at radius 1 is 0.558 bits per heavy atom. The number of halogens is 6. The molecule has 6 rings (SSSR count). The van der Waals surface area contributed by atoms with Crippen LogP contribution in [0.3, 0.4) is 0 Å². The van der Waals surface area contributed by atoms with E-state index in [1.165, 1.54) is 18.6 Å². The van der Waals surface area contributed by atoms with Gasteiger partial charge >= 0.3 is 15.6 Å². The quantitative estimate of drug-likeness (QED) is 0.0899. The molecule has 0 saturated carbocycles. The first kappa shape index (κ1) is 32.7. The number of hydrogen-bond acceptors (Lipinski definition) is 5. The Balaban J connectivity index is 0.000000682. The fraction of sp³-hybridized carbons (Fsp3) is 0. The Labute approximate surface area is 282 Å². The van der Waals surface area contributed by atoms with Crippen molar-refractivity contribution in [2.75, 3.05) is 0 Å². The molecule has 0 saturated heterocycles. The third-order valence-electron chi connectivity index (χ3n) is 5.73. The van der Waals surface area contributed by atoms with E-state index in [0.717, 1.165) is 0 Å². The van der Waals surface area contributed by atoms with Gasteiger partial charge in [-0.3, -0.25) is 0 Å². The molecule has 0 spiro atoms. The summed E-state index contributed by atoms with van der Waals surface area (Å²) in [6.45, 7) is 0. The topological polar surface area (TPSA) is 170 Å². The molecule has 226 valence electrons. The van der Waals surface area contributed by atoms with Crippen LogP contribution < -0.4 is 13.6 Å². The van der Waals surface area contributed by atoms with E-state index in [2.05, 4.69) is 62.7 Å². The summed E-state index contributed by atoms with van der Waals surface area (Å²) in [6, 6.07) is 10.8. The smallest absolute Gasteiger partial charge is 0.384 e. The summed E-state index contributed by atoms with van der Waals surface area (Å²) in [7, 11) is -9.12. The molecular weight excluding hydrogens is 866 g/mol. The molecule has 0 fully saturated rings. The summed E-state index contributed by atoms with van der Waals surface area (Å²) < 4.78 is 43.3. The van der Waals surface area contributed by atoms with Gasteiger partial charge in [0, 0.05) is 32.0 Å². The zero-order valence-electron chi connectivity index (χ0n) is 20.7. The van der Waals surface area contributed by atoms with E-state index in [-0.39, 0.29) is 17.2 Å². The van der Waals surface area contributed by atoms with Crippen LogP contribution in [0.5, 0.6) is 17.2 Å². The van der Waals surface area contributed by atoms with E-state index in [1.807, 2.05) is 0 Å². The first-order chi connectivity index (χ1) is 20.1. The van der Waals surface area contributed by atoms with Gasteiger partial charge in [-0.25, -0.2) is 4.57 Å². The lowest BCUT2D eigenvalue weighted by Gasteiger charge is -2.19. The van der Waals surface area contributed by atoms with Crippen molar-refractivity contribution in [1.29, 1.82) is 0 Å². The van der Waals surface area contributed by atoms with Crippen LogP contribution in [0.1, 0.15) is 0 Å². The largest absolute Gasteiger partial charge is 0.647 e. The van der Waals surface area contributed by atoms with E-state index >= 15 is 0 Å². The number of aromatic amines is 3. The predicted molar refractivity (Wildman–Crippen MR) is 177 cm³/mol. The Morgan fingerprint density at radius 3 is 1.07 bits per heavy atom.